The van der Waals surface area contributed by atoms with E-state index in [1.165, 1.54) is 11.3 Å². The van der Waals surface area contributed by atoms with E-state index in [0.717, 1.165) is 36.8 Å². The molecule has 0 atom stereocenters. The molecule has 1 aromatic heterocycles. The second-order valence-electron chi connectivity index (χ2n) is 3.01. The molecule has 0 radical (unpaired) electrons. The Morgan fingerprint density at radius 2 is 1.92 bits per heavy atom. The Labute approximate surface area is 75.1 Å². The van der Waals surface area contributed by atoms with Crippen LogP contribution >= 0.6 is 11.3 Å². The smallest absolute Gasteiger partial charge is 0.175 e. The van der Waals surface area contributed by atoms with E-state index in [-0.39, 0.29) is 0 Å². The lowest BCUT2D eigenvalue weighted by Crippen LogP contribution is -2.00. The number of nitrogens with zero attached hydrogens (tertiary/aromatic N) is 1. The van der Waals surface area contributed by atoms with E-state index in [4.69, 9.17) is 5.26 Å². The van der Waals surface area contributed by atoms with Gasteiger partial charge in [-0.3, -0.25) is 0 Å². The lowest BCUT2D eigenvalue weighted by Gasteiger charge is -2.10. The average Bonchev–Trinajstić information content (AvgIpc) is 2.44. The molecule has 0 saturated carbocycles. The summed E-state index contributed by atoms with van der Waals surface area (Å²) in [5, 5.41) is 18.6. The first-order chi connectivity index (χ1) is 5.83. The number of aromatic hydroxyl groups is 1. The van der Waals surface area contributed by atoms with Gasteiger partial charge in [0.1, 0.15) is 10.9 Å². The highest BCUT2D eigenvalue weighted by molar-refractivity contribution is 7.14. The molecule has 1 N–H and O–H groups in total. The Morgan fingerprint density at radius 1 is 1.25 bits per heavy atom. The van der Waals surface area contributed by atoms with E-state index in [1.54, 1.807) is 0 Å². The van der Waals surface area contributed by atoms with E-state index in [9.17, 15) is 5.11 Å². The Hall–Kier alpha value is -1.01. The first-order valence-corrected chi connectivity index (χ1v) is 4.88. The summed E-state index contributed by atoms with van der Waals surface area (Å²) in [7, 11) is 0. The van der Waals surface area contributed by atoms with Crippen LogP contribution < -0.4 is 0 Å². The van der Waals surface area contributed by atoms with Crippen LogP contribution in [0.2, 0.25) is 0 Å². The number of rotatable bonds is 0. The van der Waals surface area contributed by atoms with Crippen LogP contribution in [0.15, 0.2) is 0 Å². The molecule has 1 aliphatic rings. The van der Waals surface area contributed by atoms with Crippen molar-refractivity contribution in [3.05, 3.63) is 16.0 Å². The van der Waals surface area contributed by atoms with Gasteiger partial charge in [-0.2, -0.15) is 5.26 Å². The highest BCUT2D eigenvalue weighted by atomic mass is 32.1. The van der Waals surface area contributed by atoms with Gasteiger partial charge in [-0.15, -0.1) is 0 Å². The SMILES string of the molecule is N#Cc1sc(O)c2c1CCCC2. The average molecular weight is 179 g/mol. The zero-order valence-electron chi connectivity index (χ0n) is 6.63. The van der Waals surface area contributed by atoms with Crippen molar-refractivity contribution in [1.82, 2.24) is 0 Å². The molecular weight excluding hydrogens is 170 g/mol. The number of nitriles is 1. The van der Waals surface area contributed by atoms with Crippen LogP contribution in [0.25, 0.3) is 0 Å². The van der Waals surface area contributed by atoms with Crippen LogP contribution in [0.3, 0.4) is 0 Å². The summed E-state index contributed by atoms with van der Waals surface area (Å²) < 4.78 is 0. The first-order valence-electron chi connectivity index (χ1n) is 4.06. The van der Waals surface area contributed by atoms with Gasteiger partial charge in [0.25, 0.3) is 0 Å². The molecule has 1 heterocycles. The Bertz CT molecular complexity index is 348. The Kier molecular flexibility index (Phi) is 1.78. The van der Waals surface area contributed by atoms with Crippen molar-refractivity contribution in [1.29, 1.82) is 5.26 Å². The monoisotopic (exact) mass is 179 g/mol. The predicted molar refractivity (Wildman–Crippen MR) is 47.3 cm³/mol. The molecular formula is C9H9NOS. The molecule has 0 spiro atoms. The quantitative estimate of drug-likeness (QED) is 0.663. The molecule has 2 rings (SSSR count). The predicted octanol–water partition coefficient (Wildman–Crippen LogP) is 2.20. The van der Waals surface area contributed by atoms with E-state index in [0.29, 0.717) is 9.94 Å². The van der Waals surface area contributed by atoms with Crippen LogP contribution in [0.5, 0.6) is 5.06 Å². The molecule has 0 bridgehead atoms. The van der Waals surface area contributed by atoms with Crippen LogP contribution in [-0.4, -0.2) is 5.11 Å². The molecule has 2 nitrogen and oxygen atoms in total. The van der Waals surface area contributed by atoms with Crippen molar-refractivity contribution in [2.24, 2.45) is 0 Å². The highest BCUT2D eigenvalue weighted by Crippen LogP contribution is 2.38. The second-order valence-corrected chi connectivity index (χ2v) is 4.01. The summed E-state index contributed by atoms with van der Waals surface area (Å²) in [5.41, 5.74) is 2.13. The van der Waals surface area contributed by atoms with Crippen molar-refractivity contribution >= 4 is 11.3 Å². The fourth-order valence-electron chi connectivity index (χ4n) is 1.70. The highest BCUT2D eigenvalue weighted by Gasteiger charge is 2.19. The molecule has 0 amide bonds. The summed E-state index contributed by atoms with van der Waals surface area (Å²) in [4.78, 5) is 0.710. The van der Waals surface area contributed by atoms with Gasteiger partial charge in [0.2, 0.25) is 0 Å². The number of hydrogen-bond donors (Lipinski definition) is 1. The van der Waals surface area contributed by atoms with Gasteiger partial charge < -0.3 is 5.11 Å². The minimum absolute atomic E-state index is 0.362. The van der Waals surface area contributed by atoms with Crippen molar-refractivity contribution in [2.75, 3.05) is 0 Å². The molecule has 12 heavy (non-hydrogen) atoms. The summed E-state index contributed by atoms with van der Waals surface area (Å²) in [6, 6.07) is 2.13. The van der Waals surface area contributed by atoms with Crippen LogP contribution in [0.4, 0.5) is 0 Å². The van der Waals surface area contributed by atoms with E-state index in [2.05, 4.69) is 6.07 Å². The second kappa shape index (κ2) is 2.80. The van der Waals surface area contributed by atoms with Crippen LogP contribution in [0, 0.1) is 11.3 Å². The summed E-state index contributed by atoms with van der Waals surface area (Å²) in [5.74, 6) is 0. The minimum atomic E-state index is 0.362. The molecule has 3 heteroatoms. The van der Waals surface area contributed by atoms with Gasteiger partial charge in [-0.25, -0.2) is 0 Å². The largest absolute Gasteiger partial charge is 0.499 e. The van der Waals surface area contributed by atoms with Gasteiger partial charge in [-0.05, 0) is 31.2 Å². The molecule has 0 aliphatic heterocycles. The van der Waals surface area contributed by atoms with Crippen molar-refractivity contribution in [3.63, 3.8) is 0 Å². The fraction of sp³-hybridized carbons (Fsp3) is 0.444. The normalized spacial score (nSPS) is 15.2. The summed E-state index contributed by atoms with van der Waals surface area (Å²) in [6.07, 6.45) is 4.20. The van der Waals surface area contributed by atoms with Crippen molar-refractivity contribution in [3.8, 4) is 11.1 Å². The van der Waals surface area contributed by atoms with Crippen LogP contribution in [0.1, 0.15) is 28.8 Å². The molecule has 0 aromatic carbocycles. The lowest BCUT2D eigenvalue weighted by molar-refractivity contribution is 0.479. The first kappa shape index (κ1) is 7.63. The molecule has 0 saturated heterocycles. The zero-order valence-corrected chi connectivity index (χ0v) is 7.45. The van der Waals surface area contributed by atoms with Crippen molar-refractivity contribution < 1.29 is 5.11 Å². The third kappa shape index (κ3) is 0.997. The maximum absolute atomic E-state index is 9.48. The topological polar surface area (TPSA) is 44.0 Å². The molecule has 1 aromatic rings. The molecule has 62 valence electrons. The fourth-order valence-corrected chi connectivity index (χ4v) is 2.64. The summed E-state index contributed by atoms with van der Waals surface area (Å²) >= 11 is 1.22. The third-order valence-corrected chi connectivity index (χ3v) is 3.28. The van der Waals surface area contributed by atoms with Gasteiger partial charge in [0, 0.05) is 5.56 Å². The Morgan fingerprint density at radius 3 is 2.58 bits per heavy atom. The van der Waals surface area contributed by atoms with Crippen molar-refractivity contribution in [2.45, 2.75) is 25.7 Å². The minimum Gasteiger partial charge on any atom is -0.499 e. The van der Waals surface area contributed by atoms with Gasteiger partial charge in [0.05, 0.1) is 0 Å². The third-order valence-electron chi connectivity index (χ3n) is 2.30. The lowest BCUT2D eigenvalue weighted by atomic mass is 9.94. The number of hydrogen-bond acceptors (Lipinski definition) is 3. The van der Waals surface area contributed by atoms with E-state index < -0.39 is 0 Å². The van der Waals surface area contributed by atoms with Gasteiger partial charge in [0.15, 0.2) is 5.06 Å². The zero-order chi connectivity index (χ0) is 8.55. The Balaban J connectivity index is 2.56. The molecule has 1 aliphatic carbocycles. The van der Waals surface area contributed by atoms with E-state index in [1.807, 2.05) is 0 Å². The molecule has 0 unspecified atom stereocenters. The van der Waals surface area contributed by atoms with E-state index >= 15 is 0 Å². The number of fused-ring (bicyclic) bond motifs is 1. The molecule has 0 fully saturated rings. The van der Waals surface area contributed by atoms with Gasteiger partial charge >= 0.3 is 0 Å². The number of thiophene rings is 1. The maximum Gasteiger partial charge on any atom is 0.175 e. The van der Waals surface area contributed by atoms with Crippen LogP contribution in [-0.2, 0) is 12.8 Å². The van der Waals surface area contributed by atoms with Gasteiger partial charge in [-0.1, -0.05) is 11.3 Å². The summed E-state index contributed by atoms with van der Waals surface area (Å²) in [6.45, 7) is 0. The standard InChI is InChI=1S/C9H9NOS/c10-5-8-6-3-1-2-4-7(6)9(11)12-8/h11H,1-4H2. The maximum atomic E-state index is 9.48.